The van der Waals surface area contributed by atoms with E-state index in [-0.39, 0.29) is 60.9 Å². The van der Waals surface area contributed by atoms with Crippen LogP contribution in [0.4, 0.5) is 0 Å². The van der Waals surface area contributed by atoms with Gasteiger partial charge in [0, 0.05) is 37.3 Å². The Balaban J connectivity index is 0.887. The topological polar surface area (TPSA) is 130 Å². The Morgan fingerprint density at radius 1 is 0.960 bits per heavy atom. The van der Waals surface area contributed by atoms with Crippen molar-refractivity contribution < 1.29 is 47.9 Å². The van der Waals surface area contributed by atoms with Gasteiger partial charge in [0.25, 0.3) is 0 Å². The molecule has 12 heteroatoms. The highest BCUT2D eigenvalue weighted by molar-refractivity contribution is 5.88. The van der Waals surface area contributed by atoms with E-state index in [4.69, 9.17) is 28.7 Å². The third-order valence-corrected chi connectivity index (χ3v) is 12.9. The zero-order chi connectivity index (χ0) is 34.8. The fraction of sp³-hybridized carbons (Fsp3) is 0.737. The molecule has 6 aliphatic heterocycles. The molecular weight excluding hydrogens is 644 g/mol. The van der Waals surface area contributed by atoms with Gasteiger partial charge in [0.2, 0.25) is 23.9 Å². The van der Waals surface area contributed by atoms with Gasteiger partial charge in [0.1, 0.15) is 5.75 Å². The molecule has 6 heterocycles. The van der Waals surface area contributed by atoms with Crippen molar-refractivity contribution >= 4 is 23.8 Å². The summed E-state index contributed by atoms with van der Waals surface area (Å²) < 4.78 is 24.3. The number of fused-ring (bicyclic) bond motifs is 5. The second-order valence-electron chi connectivity index (χ2n) is 16.0. The normalized spacial score (nSPS) is 38.0. The summed E-state index contributed by atoms with van der Waals surface area (Å²) in [5, 5.41) is 0. The van der Waals surface area contributed by atoms with Crippen LogP contribution in [0.3, 0.4) is 0 Å². The van der Waals surface area contributed by atoms with E-state index in [0.29, 0.717) is 37.6 Å². The standard InChI is InChI=1S/C38H50N2O10/c1-22-9-12-29-23(2)35(47-36-38(29)28(22)15-17-37(3,48-36)49-50-38)46-33(43)14-13-32(42)45-26-11-10-24-16-18-40-30(27(24)19-26)20-39(21-31(40)41)34(44)25-7-5-4-6-8-25/h10-11,19,22-23,25,28-30,35-36H,4-9,12-18,20-21H2,1-3H3/t22-,23-,28+,29+,30?,35+,36-,37+,38-/m1/s1. The van der Waals surface area contributed by atoms with Crippen molar-refractivity contribution in [2.24, 2.45) is 29.6 Å². The van der Waals surface area contributed by atoms with Gasteiger partial charge in [-0.2, -0.15) is 0 Å². The number of nitrogens with zero attached hydrogens (tertiary/aromatic N) is 2. The Labute approximate surface area is 293 Å². The highest BCUT2D eigenvalue weighted by atomic mass is 17.3. The Morgan fingerprint density at radius 3 is 2.58 bits per heavy atom. The van der Waals surface area contributed by atoms with Gasteiger partial charge in [-0.15, -0.1) is 0 Å². The molecule has 9 rings (SSSR count). The minimum absolute atomic E-state index is 0.00888. The Morgan fingerprint density at radius 2 is 1.76 bits per heavy atom. The first kappa shape index (κ1) is 34.0. The molecule has 1 spiro atoms. The third-order valence-electron chi connectivity index (χ3n) is 12.9. The molecule has 50 heavy (non-hydrogen) atoms. The van der Waals surface area contributed by atoms with Gasteiger partial charge in [-0.1, -0.05) is 39.2 Å². The zero-order valence-electron chi connectivity index (χ0n) is 29.4. The van der Waals surface area contributed by atoms with Crippen molar-refractivity contribution in [2.75, 3.05) is 19.6 Å². The van der Waals surface area contributed by atoms with Crippen LogP contribution < -0.4 is 4.74 Å². The van der Waals surface area contributed by atoms with Gasteiger partial charge in [-0.25, -0.2) is 9.78 Å². The first-order valence-electron chi connectivity index (χ1n) is 18.9. The molecule has 0 radical (unpaired) electrons. The van der Waals surface area contributed by atoms with E-state index in [2.05, 4.69) is 6.92 Å². The fourth-order valence-corrected chi connectivity index (χ4v) is 10.1. The van der Waals surface area contributed by atoms with Crippen LogP contribution in [0.15, 0.2) is 18.2 Å². The van der Waals surface area contributed by atoms with Crippen LogP contribution in [0, 0.1) is 29.6 Å². The molecule has 0 N–H and O–H groups in total. The van der Waals surface area contributed by atoms with Crippen molar-refractivity contribution in [2.45, 2.75) is 128 Å². The highest BCUT2D eigenvalue weighted by Crippen LogP contribution is 2.60. The van der Waals surface area contributed by atoms with Crippen LogP contribution in [-0.2, 0) is 49.6 Å². The van der Waals surface area contributed by atoms with Crippen LogP contribution in [0.1, 0.15) is 109 Å². The predicted molar refractivity (Wildman–Crippen MR) is 176 cm³/mol. The molecule has 2 saturated carbocycles. The van der Waals surface area contributed by atoms with E-state index in [1.54, 1.807) is 11.0 Å². The maximum absolute atomic E-state index is 13.4. The second kappa shape index (κ2) is 13.2. The van der Waals surface area contributed by atoms with Crippen LogP contribution in [-0.4, -0.2) is 77.2 Å². The van der Waals surface area contributed by atoms with Gasteiger partial charge in [0.15, 0.2) is 11.9 Å². The van der Waals surface area contributed by atoms with Gasteiger partial charge >= 0.3 is 11.9 Å². The lowest BCUT2D eigenvalue weighted by atomic mass is 9.58. The Kier molecular flexibility index (Phi) is 8.97. The number of ether oxygens (including phenoxy) is 4. The summed E-state index contributed by atoms with van der Waals surface area (Å²) >= 11 is 0. The number of hydrogen-bond acceptors (Lipinski definition) is 10. The first-order chi connectivity index (χ1) is 24.0. The number of piperazine rings is 1. The summed E-state index contributed by atoms with van der Waals surface area (Å²) in [5.41, 5.74) is 1.22. The van der Waals surface area contributed by atoms with Gasteiger partial charge in [-0.05, 0) is 80.5 Å². The monoisotopic (exact) mass is 694 g/mol. The van der Waals surface area contributed by atoms with E-state index in [9.17, 15) is 19.2 Å². The van der Waals surface area contributed by atoms with Crippen LogP contribution in [0.25, 0.3) is 0 Å². The van der Waals surface area contributed by atoms with Crippen molar-refractivity contribution in [1.82, 2.24) is 9.80 Å². The summed E-state index contributed by atoms with van der Waals surface area (Å²) in [6, 6.07) is 5.20. The molecule has 12 nitrogen and oxygen atoms in total. The van der Waals surface area contributed by atoms with Crippen LogP contribution in [0.2, 0.25) is 0 Å². The SMILES string of the molecule is C[C@H]1[C@@H](OC(=O)CCC(=O)Oc2ccc3c(c2)C2CN(C(=O)C4CCCCC4)CC(=O)N2CC3)O[C@@H]2O[C@]3(C)CC[C@H]4[C@H](C)CC[C@@H]1[C@@]24OO3. The number of carbonyl (C=O) groups is 4. The van der Waals surface area contributed by atoms with Crippen LogP contribution in [0.5, 0.6) is 5.75 Å². The van der Waals surface area contributed by atoms with E-state index in [1.165, 1.54) is 0 Å². The number of hydrogen-bond donors (Lipinski definition) is 0. The number of benzene rings is 1. The lowest BCUT2D eigenvalue weighted by Gasteiger charge is -2.59. The van der Waals surface area contributed by atoms with E-state index < -0.39 is 35.9 Å². The number of rotatable bonds is 6. The molecule has 9 atom stereocenters. The largest absolute Gasteiger partial charge is 0.435 e. The predicted octanol–water partition coefficient (Wildman–Crippen LogP) is 4.97. The smallest absolute Gasteiger partial charge is 0.311 e. The minimum atomic E-state index is -0.927. The lowest BCUT2D eigenvalue weighted by Crippen LogP contribution is -2.70. The second-order valence-corrected chi connectivity index (χ2v) is 16.0. The summed E-state index contributed by atoms with van der Waals surface area (Å²) in [5.74, 6) is -1.19. The molecule has 2 amide bonds. The fourth-order valence-electron chi connectivity index (χ4n) is 10.1. The van der Waals surface area contributed by atoms with Gasteiger partial charge < -0.3 is 28.7 Å². The number of amides is 2. The average molecular weight is 695 g/mol. The molecule has 0 aromatic heterocycles. The quantitative estimate of drug-likeness (QED) is 0.229. The molecule has 1 unspecified atom stereocenters. The third kappa shape index (κ3) is 5.93. The maximum Gasteiger partial charge on any atom is 0.311 e. The van der Waals surface area contributed by atoms with Gasteiger partial charge in [-0.3, -0.25) is 19.2 Å². The molecular formula is C38H50N2O10. The Bertz CT molecular complexity index is 1530. The highest BCUT2D eigenvalue weighted by Gasteiger charge is 2.69. The molecule has 2 bridgehead atoms. The van der Waals surface area contributed by atoms with E-state index in [1.807, 2.05) is 30.9 Å². The lowest BCUT2D eigenvalue weighted by molar-refractivity contribution is -0.576. The summed E-state index contributed by atoms with van der Waals surface area (Å²) in [4.78, 5) is 68.2. The van der Waals surface area contributed by atoms with Gasteiger partial charge in [0.05, 0.1) is 25.4 Å². The zero-order valence-corrected chi connectivity index (χ0v) is 29.4. The van der Waals surface area contributed by atoms with E-state index >= 15 is 0 Å². The van der Waals surface area contributed by atoms with E-state index in [0.717, 1.165) is 62.5 Å². The molecule has 2 aliphatic carbocycles. The minimum Gasteiger partial charge on any atom is -0.435 e. The molecule has 1 aromatic carbocycles. The summed E-state index contributed by atoms with van der Waals surface area (Å²) in [6.45, 7) is 7.26. The average Bonchev–Trinajstić information content (AvgIpc) is 3.35. The van der Waals surface area contributed by atoms with Crippen molar-refractivity contribution in [3.63, 3.8) is 0 Å². The summed E-state index contributed by atoms with van der Waals surface area (Å²) in [7, 11) is 0. The maximum atomic E-state index is 13.4. The molecule has 8 aliphatic rings. The number of carbonyl (C=O) groups excluding carboxylic acids is 4. The first-order valence-corrected chi connectivity index (χ1v) is 18.9. The summed E-state index contributed by atoms with van der Waals surface area (Å²) in [6.07, 6.45) is 7.34. The van der Waals surface area contributed by atoms with Crippen molar-refractivity contribution in [3.8, 4) is 5.75 Å². The van der Waals surface area contributed by atoms with Crippen LogP contribution >= 0.6 is 0 Å². The molecule has 5 saturated heterocycles. The molecule has 272 valence electrons. The van der Waals surface area contributed by atoms with Crippen molar-refractivity contribution in [1.29, 1.82) is 0 Å². The number of esters is 2. The Hall–Kier alpha value is -3.06. The molecule has 1 aromatic rings. The van der Waals surface area contributed by atoms with Crippen molar-refractivity contribution in [3.05, 3.63) is 29.3 Å². The molecule has 7 fully saturated rings.